The van der Waals surface area contributed by atoms with Crippen molar-refractivity contribution in [3.63, 3.8) is 0 Å². The van der Waals surface area contributed by atoms with Crippen LogP contribution in [-0.4, -0.2) is 35.0 Å². The van der Waals surface area contributed by atoms with E-state index in [1.165, 1.54) is 25.7 Å². The van der Waals surface area contributed by atoms with Crippen molar-refractivity contribution in [2.24, 2.45) is 0 Å². The first kappa shape index (κ1) is 13.5. The van der Waals surface area contributed by atoms with Crippen LogP contribution in [0.1, 0.15) is 31.2 Å². The molecule has 0 spiro atoms. The highest BCUT2D eigenvalue weighted by molar-refractivity contribution is 5.34. The lowest BCUT2D eigenvalue weighted by Gasteiger charge is -2.36. The first-order chi connectivity index (χ1) is 9.63. The zero-order valence-corrected chi connectivity index (χ0v) is 11.8. The molecule has 1 N–H and O–H groups in total. The zero-order valence-electron chi connectivity index (χ0n) is 11.8. The first-order valence-electron chi connectivity index (χ1n) is 7.32. The van der Waals surface area contributed by atoms with Gasteiger partial charge in [0.15, 0.2) is 0 Å². The van der Waals surface area contributed by atoms with Gasteiger partial charge in [-0.2, -0.15) is 0 Å². The van der Waals surface area contributed by atoms with Crippen molar-refractivity contribution in [3.8, 4) is 0 Å². The van der Waals surface area contributed by atoms with E-state index in [1.807, 2.05) is 6.07 Å². The van der Waals surface area contributed by atoms with Gasteiger partial charge in [0.05, 0.1) is 4.92 Å². The summed E-state index contributed by atoms with van der Waals surface area (Å²) in [6, 6.07) is 8.89. The van der Waals surface area contributed by atoms with Crippen LogP contribution in [0.3, 0.4) is 0 Å². The lowest BCUT2D eigenvalue weighted by molar-refractivity contribution is -0.384. The first-order valence-corrected chi connectivity index (χ1v) is 7.32. The summed E-state index contributed by atoms with van der Waals surface area (Å²) in [6.07, 6.45) is 5.02. The number of hydrogen-bond acceptors (Lipinski definition) is 4. The van der Waals surface area contributed by atoms with Crippen LogP contribution in [0.5, 0.6) is 0 Å². The molecule has 0 aromatic heterocycles. The van der Waals surface area contributed by atoms with Crippen LogP contribution in [0.2, 0.25) is 0 Å². The monoisotopic (exact) mass is 275 g/mol. The number of nitro benzene ring substituents is 1. The molecule has 0 amide bonds. The van der Waals surface area contributed by atoms with Gasteiger partial charge in [0.25, 0.3) is 5.69 Å². The maximum absolute atomic E-state index is 10.8. The molecule has 1 aromatic rings. The summed E-state index contributed by atoms with van der Waals surface area (Å²) in [5.74, 6) is 0. The van der Waals surface area contributed by atoms with Crippen molar-refractivity contribution in [1.29, 1.82) is 0 Å². The molecule has 5 heteroatoms. The minimum absolute atomic E-state index is 0.174. The Kier molecular flexibility index (Phi) is 3.72. The zero-order chi connectivity index (χ0) is 14.1. The average molecular weight is 275 g/mol. The second-order valence-corrected chi connectivity index (χ2v) is 6.03. The maximum atomic E-state index is 10.8. The van der Waals surface area contributed by atoms with Crippen molar-refractivity contribution in [1.82, 2.24) is 10.2 Å². The SMILES string of the molecule is CN1C2CCC1CC(NCc1cccc([N+](=O)[O-])c1)C2. The van der Waals surface area contributed by atoms with Gasteiger partial charge in [-0.3, -0.25) is 10.1 Å². The topological polar surface area (TPSA) is 58.4 Å². The molecule has 0 aliphatic carbocycles. The van der Waals surface area contributed by atoms with E-state index in [-0.39, 0.29) is 10.6 Å². The number of fused-ring (bicyclic) bond motifs is 2. The van der Waals surface area contributed by atoms with E-state index in [0.29, 0.717) is 6.04 Å². The molecule has 2 heterocycles. The van der Waals surface area contributed by atoms with E-state index in [1.54, 1.807) is 18.2 Å². The van der Waals surface area contributed by atoms with Crippen LogP contribution in [0.15, 0.2) is 24.3 Å². The number of nitrogens with zero attached hydrogens (tertiary/aromatic N) is 2. The summed E-state index contributed by atoms with van der Waals surface area (Å²) in [5.41, 5.74) is 1.17. The van der Waals surface area contributed by atoms with Crippen LogP contribution in [-0.2, 0) is 6.54 Å². The number of hydrogen-bond donors (Lipinski definition) is 1. The molecular formula is C15H21N3O2. The molecule has 20 heavy (non-hydrogen) atoms. The Morgan fingerprint density at radius 1 is 1.35 bits per heavy atom. The molecular weight excluding hydrogens is 254 g/mol. The summed E-state index contributed by atoms with van der Waals surface area (Å²) in [7, 11) is 2.24. The van der Waals surface area contributed by atoms with Gasteiger partial charge in [0, 0.05) is 36.8 Å². The van der Waals surface area contributed by atoms with Crippen molar-refractivity contribution in [2.45, 2.75) is 50.4 Å². The minimum atomic E-state index is -0.334. The predicted molar refractivity (Wildman–Crippen MR) is 77.5 cm³/mol. The molecule has 2 atom stereocenters. The van der Waals surface area contributed by atoms with Gasteiger partial charge in [0.1, 0.15) is 0 Å². The second-order valence-electron chi connectivity index (χ2n) is 6.03. The minimum Gasteiger partial charge on any atom is -0.310 e. The van der Waals surface area contributed by atoms with Gasteiger partial charge in [-0.15, -0.1) is 0 Å². The number of non-ortho nitro benzene ring substituents is 1. The third kappa shape index (κ3) is 2.69. The quantitative estimate of drug-likeness (QED) is 0.676. The second kappa shape index (κ2) is 5.50. The fourth-order valence-corrected chi connectivity index (χ4v) is 3.62. The fourth-order valence-electron chi connectivity index (χ4n) is 3.62. The lowest BCUT2D eigenvalue weighted by atomic mass is 9.98. The van der Waals surface area contributed by atoms with E-state index in [2.05, 4.69) is 17.3 Å². The highest BCUT2D eigenvalue weighted by Gasteiger charge is 2.37. The van der Waals surface area contributed by atoms with Gasteiger partial charge in [-0.1, -0.05) is 12.1 Å². The van der Waals surface area contributed by atoms with E-state index < -0.39 is 0 Å². The Balaban J connectivity index is 1.58. The standard InChI is InChI=1S/C15H21N3O2/c1-17-13-5-6-14(17)9-12(8-13)16-10-11-3-2-4-15(7-11)18(19)20/h2-4,7,12-14,16H,5-6,8-10H2,1H3. The Morgan fingerprint density at radius 2 is 2.05 bits per heavy atom. The number of piperidine rings is 1. The highest BCUT2D eigenvalue weighted by atomic mass is 16.6. The van der Waals surface area contributed by atoms with Gasteiger partial charge in [-0.05, 0) is 38.3 Å². The van der Waals surface area contributed by atoms with Crippen molar-refractivity contribution < 1.29 is 4.92 Å². The van der Waals surface area contributed by atoms with Crippen molar-refractivity contribution in [2.75, 3.05) is 7.05 Å². The van der Waals surface area contributed by atoms with E-state index >= 15 is 0 Å². The fraction of sp³-hybridized carbons (Fsp3) is 0.600. The van der Waals surface area contributed by atoms with Gasteiger partial charge < -0.3 is 10.2 Å². The van der Waals surface area contributed by atoms with E-state index in [0.717, 1.165) is 24.2 Å². The lowest BCUT2D eigenvalue weighted by Crippen LogP contribution is -2.46. The molecule has 2 fully saturated rings. The van der Waals surface area contributed by atoms with E-state index in [4.69, 9.17) is 0 Å². The number of nitrogens with one attached hydrogen (secondary N) is 1. The highest BCUT2D eigenvalue weighted by Crippen LogP contribution is 2.34. The third-order valence-electron chi connectivity index (χ3n) is 4.81. The molecule has 5 nitrogen and oxygen atoms in total. The number of nitro groups is 1. The molecule has 108 valence electrons. The summed E-state index contributed by atoms with van der Waals surface area (Å²) < 4.78 is 0. The average Bonchev–Trinajstić information content (AvgIpc) is 2.67. The molecule has 2 saturated heterocycles. The van der Waals surface area contributed by atoms with Crippen LogP contribution >= 0.6 is 0 Å². The van der Waals surface area contributed by atoms with E-state index in [9.17, 15) is 10.1 Å². The van der Waals surface area contributed by atoms with Gasteiger partial charge in [-0.25, -0.2) is 0 Å². The smallest absolute Gasteiger partial charge is 0.269 e. The molecule has 3 rings (SSSR count). The largest absolute Gasteiger partial charge is 0.310 e. The number of rotatable bonds is 4. The van der Waals surface area contributed by atoms with Gasteiger partial charge in [0.2, 0.25) is 0 Å². The van der Waals surface area contributed by atoms with Crippen molar-refractivity contribution in [3.05, 3.63) is 39.9 Å². The molecule has 2 aliphatic heterocycles. The summed E-state index contributed by atoms with van der Waals surface area (Å²) >= 11 is 0. The molecule has 0 saturated carbocycles. The van der Waals surface area contributed by atoms with Crippen LogP contribution in [0.25, 0.3) is 0 Å². The molecule has 2 bridgehead atoms. The van der Waals surface area contributed by atoms with Crippen LogP contribution in [0, 0.1) is 10.1 Å². The molecule has 2 aliphatic rings. The molecule has 0 radical (unpaired) electrons. The summed E-state index contributed by atoms with van der Waals surface area (Å²) in [5, 5.41) is 14.3. The summed E-state index contributed by atoms with van der Waals surface area (Å²) in [6.45, 7) is 0.718. The Morgan fingerprint density at radius 3 is 2.70 bits per heavy atom. The Bertz CT molecular complexity index is 492. The van der Waals surface area contributed by atoms with Crippen LogP contribution < -0.4 is 5.32 Å². The van der Waals surface area contributed by atoms with Crippen molar-refractivity contribution >= 4 is 5.69 Å². The molecule has 2 unspecified atom stereocenters. The van der Waals surface area contributed by atoms with Crippen LogP contribution in [0.4, 0.5) is 5.69 Å². The Labute approximate surface area is 119 Å². The normalized spacial score (nSPS) is 29.6. The molecule has 1 aromatic carbocycles. The predicted octanol–water partition coefficient (Wildman–Crippen LogP) is 2.31. The summed E-state index contributed by atoms with van der Waals surface area (Å²) in [4.78, 5) is 13.0. The number of benzene rings is 1. The maximum Gasteiger partial charge on any atom is 0.269 e. The Hall–Kier alpha value is -1.46. The van der Waals surface area contributed by atoms with Gasteiger partial charge >= 0.3 is 0 Å². The third-order valence-corrected chi connectivity index (χ3v) is 4.81.